The molecule has 0 aliphatic rings. The van der Waals surface area contributed by atoms with Gasteiger partial charge in [0, 0.05) is 11.6 Å². The number of benzene rings is 1. The van der Waals surface area contributed by atoms with Crippen LogP contribution in [0.15, 0.2) is 18.2 Å². The summed E-state index contributed by atoms with van der Waals surface area (Å²) in [5.74, 6) is -0.765. The Kier molecular flexibility index (Phi) is 5.80. The molecule has 0 saturated heterocycles. The summed E-state index contributed by atoms with van der Waals surface area (Å²) in [5, 5.41) is 12.2. The third-order valence-electron chi connectivity index (χ3n) is 1.98. The minimum absolute atomic E-state index is 0.0234. The van der Waals surface area contributed by atoms with Gasteiger partial charge in [-0.2, -0.15) is 0 Å². The number of carbonyl (C=O) groups excluding carboxylic acids is 1. The first kappa shape index (κ1) is 14.7. The quantitative estimate of drug-likeness (QED) is 0.784. The summed E-state index contributed by atoms with van der Waals surface area (Å²) in [7, 11) is 0. The predicted octanol–water partition coefficient (Wildman–Crippen LogP) is 2.06. The number of carbonyl (C=O) groups is 1. The van der Waals surface area contributed by atoms with Crippen LogP contribution >= 0.6 is 11.6 Å². The number of alkyl halides is 2. The van der Waals surface area contributed by atoms with Crippen LogP contribution in [-0.4, -0.2) is 37.2 Å². The lowest BCUT2D eigenvalue weighted by Gasteiger charge is -2.07. The molecule has 1 rings (SSSR count). The van der Waals surface area contributed by atoms with Crippen molar-refractivity contribution in [2.75, 3.05) is 19.8 Å². The van der Waals surface area contributed by atoms with E-state index in [2.05, 4.69) is 10.1 Å². The average Bonchev–Trinajstić information content (AvgIpc) is 2.27. The molecule has 0 heterocycles. The first-order valence-electron chi connectivity index (χ1n) is 5.13. The van der Waals surface area contributed by atoms with Crippen molar-refractivity contribution in [3.8, 4) is 5.75 Å². The number of amides is 1. The largest absolute Gasteiger partial charge is 0.507 e. The van der Waals surface area contributed by atoms with Gasteiger partial charge in [0.05, 0.1) is 12.2 Å². The van der Waals surface area contributed by atoms with E-state index in [-0.39, 0.29) is 24.5 Å². The maximum absolute atomic E-state index is 11.7. The van der Waals surface area contributed by atoms with E-state index < -0.39 is 18.9 Å². The molecule has 1 aromatic rings. The Balaban J connectivity index is 2.36. The smallest absolute Gasteiger partial charge is 0.261 e. The molecule has 0 aromatic heterocycles. The fourth-order valence-corrected chi connectivity index (χ4v) is 1.37. The number of ether oxygens (including phenoxy) is 1. The zero-order chi connectivity index (χ0) is 13.5. The molecule has 0 unspecified atom stereocenters. The topological polar surface area (TPSA) is 58.6 Å². The Morgan fingerprint density at radius 2 is 2.22 bits per heavy atom. The van der Waals surface area contributed by atoms with Crippen molar-refractivity contribution in [3.05, 3.63) is 28.8 Å². The Hall–Kier alpha value is -1.40. The minimum Gasteiger partial charge on any atom is -0.507 e. The van der Waals surface area contributed by atoms with Gasteiger partial charge in [-0.05, 0) is 18.2 Å². The Labute approximate surface area is 108 Å². The van der Waals surface area contributed by atoms with Gasteiger partial charge in [-0.25, -0.2) is 8.78 Å². The van der Waals surface area contributed by atoms with Crippen LogP contribution in [0.2, 0.25) is 5.02 Å². The van der Waals surface area contributed by atoms with Crippen LogP contribution in [0.5, 0.6) is 5.75 Å². The maximum atomic E-state index is 11.7. The van der Waals surface area contributed by atoms with Crippen molar-refractivity contribution in [3.63, 3.8) is 0 Å². The maximum Gasteiger partial charge on any atom is 0.261 e. The van der Waals surface area contributed by atoms with Crippen LogP contribution in [0.1, 0.15) is 10.4 Å². The second kappa shape index (κ2) is 7.13. The fourth-order valence-electron chi connectivity index (χ4n) is 1.20. The summed E-state index contributed by atoms with van der Waals surface area (Å²) in [4.78, 5) is 11.6. The predicted molar refractivity (Wildman–Crippen MR) is 62.3 cm³/mol. The van der Waals surface area contributed by atoms with E-state index >= 15 is 0 Å². The molecule has 0 spiro atoms. The van der Waals surface area contributed by atoms with Crippen LogP contribution in [0, 0.1) is 0 Å². The zero-order valence-electron chi connectivity index (χ0n) is 9.33. The molecule has 1 aromatic carbocycles. The highest BCUT2D eigenvalue weighted by Crippen LogP contribution is 2.21. The number of hydrogen-bond acceptors (Lipinski definition) is 3. The molecule has 0 fully saturated rings. The fraction of sp³-hybridized carbons (Fsp3) is 0.364. The normalized spacial score (nSPS) is 10.7. The SMILES string of the molecule is O=C(NCCOCC(F)F)c1ccc(Cl)cc1O. The summed E-state index contributed by atoms with van der Waals surface area (Å²) in [6.07, 6.45) is -2.53. The van der Waals surface area contributed by atoms with Crippen LogP contribution < -0.4 is 5.32 Å². The Bertz CT molecular complexity index is 415. The molecule has 100 valence electrons. The van der Waals surface area contributed by atoms with Gasteiger partial charge >= 0.3 is 0 Å². The van der Waals surface area contributed by atoms with E-state index in [1.165, 1.54) is 18.2 Å². The molecule has 0 saturated carbocycles. The molecule has 18 heavy (non-hydrogen) atoms. The van der Waals surface area contributed by atoms with Crippen LogP contribution in [0.3, 0.4) is 0 Å². The van der Waals surface area contributed by atoms with Crippen molar-refractivity contribution in [2.45, 2.75) is 6.43 Å². The standard InChI is InChI=1S/C11H12ClF2NO3/c12-7-1-2-8(9(16)5-7)11(17)15-3-4-18-6-10(13)14/h1-2,5,10,16H,3-4,6H2,(H,15,17). The van der Waals surface area contributed by atoms with Crippen molar-refractivity contribution in [1.82, 2.24) is 5.32 Å². The molecular weight excluding hydrogens is 268 g/mol. The third kappa shape index (κ3) is 4.85. The average molecular weight is 280 g/mol. The van der Waals surface area contributed by atoms with Gasteiger partial charge in [-0.3, -0.25) is 4.79 Å². The first-order chi connectivity index (χ1) is 8.50. The molecule has 0 aliphatic heterocycles. The minimum atomic E-state index is -2.53. The van der Waals surface area contributed by atoms with Gasteiger partial charge in [0.1, 0.15) is 12.4 Å². The number of aromatic hydroxyl groups is 1. The number of nitrogens with one attached hydrogen (secondary N) is 1. The van der Waals surface area contributed by atoms with Gasteiger partial charge < -0.3 is 15.2 Å². The van der Waals surface area contributed by atoms with Crippen LogP contribution in [0.25, 0.3) is 0 Å². The highest BCUT2D eigenvalue weighted by Gasteiger charge is 2.10. The Morgan fingerprint density at radius 3 is 2.83 bits per heavy atom. The molecular formula is C11H12ClF2NO3. The highest BCUT2D eigenvalue weighted by atomic mass is 35.5. The Morgan fingerprint density at radius 1 is 1.50 bits per heavy atom. The second-order valence-corrected chi connectivity index (χ2v) is 3.82. The molecule has 1 amide bonds. The molecule has 0 atom stereocenters. The van der Waals surface area contributed by atoms with E-state index in [4.69, 9.17) is 11.6 Å². The molecule has 0 radical (unpaired) electrons. The van der Waals surface area contributed by atoms with Gasteiger partial charge in [-0.15, -0.1) is 0 Å². The monoisotopic (exact) mass is 279 g/mol. The molecule has 2 N–H and O–H groups in total. The lowest BCUT2D eigenvalue weighted by atomic mass is 10.2. The molecule has 0 aliphatic carbocycles. The first-order valence-corrected chi connectivity index (χ1v) is 5.51. The summed E-state index contributed by atoms with van der Waals surface area (Å²) >= 11 is 5.61. The summed E-state index contributed by atoms with van der Waals surface area (Å²) < 4.78 is 28.0. The number of phenolic OH excluding ortho intramolecular Hbond substituents is 1. The summed E-state index contributed by atoms with van der Waals surface area (Å²) in [6.45, 7) is -0.611. The van der Waals surface area contributed by atoms with Crippen LogP contribution in [-0.2, 0) is 4.74 Å². The number of halogens is 3. The third-order valence-corrected chi connectivity index (χ3v) is 2.22. The van der Waals surface area contributed by atoms with Crippen molar-refractivity contribution in [1.29, 1.82) is 0 Å². The number of hydrogen-bond donors (Lipinski definition) is 2. The number of phenols is 1. The summed E-state index contributed by atoms with van der Waals surface area (Å²) in [5.41, 5.74) is 0.0632. The molecule has 7 heteroatoms. The van der Waals surface area contributed by atoms with Crippen molar-refractivity contribution < 1.29 is 23.4 Å². The van der Waals surface area contributed by atoms with E-state index in [0.717, 1.165) is 0 Å². The molecule has 4 nitrogen and oxygen atoms in total. The van der Waals surface area contributed by atoms with Gasteiger partial charge in [0.15, 0.2) is 0 Å². The lowest BCUT2D eigenvalue weighted by molar-refractivity contribution is 0.0188. The van der Waals surface area contributed by atoms with Gasteiger partial charge in [0.2, 0.25) is 0 Å². The van der Waals surface area contributed by atoms with Gasteiger partial charge in [-0.1, -0.05) is 11.6 Å². The highest BCUT2D eigenvalue weighted by molar-refractivity contribution is 6.30. The van der Waals surface area contributed by atoms with Crippen molar-refractivity contribution >= 4 is 17.5 Å². The van der Waals surface area contributed by atoms with E-state index in [0.29, 0.717) is 5.02 Å². The van der Waals surface area contributed by atoms with E-state index in [1.807, 2.05) is 0 Å². The van der Waals surface area contributed by atoms with Crippen molar-refractivity contribution in [2.24, 2.45) is 0 Å². The summed E-state index contributed by atoms with van der Waals surface area (Å²) in [6, 6.07) is 4.07. The van der Waals surface area contributed by atoms with E-state index in [1.54, 1.807) is 0 Å². The molecule has 0 bridgehead atoms. The second-order valence-electron chi connectivity index (χ2n) is 3.38. The zero-order valence-corrected chi connectivity index (χ0v) is 10.1. The van der Waals surface area contributed by atoms with E-state index in [9.17, 15) is 18.7 Å². The van der Waals surface area contributed by atoms with Gasteiger partial charge in [0.25, 0.3) is 12.3 Å². The van der Waals surface area contributed by atoms with Crippen LogP contribution in [0.4, 0.5) is 8.78 Å². The lowest BCUT2D eigenvalue weighted by Crippen LogP contribution is -2.27. The number of rotatable bonds is 6.